The van der Waals surface area contributed by atoms with E-state index in [9.17, 15) is 9.59 Å². The highest BCUT2D eigenvalue weighted by Gasteiger charge is 2.30. The average molecular weight is 465 g/mol. The third-order valence-corrected chi connectivity index (χ3v) is 6.31. The number of hydrogen-bond donors (Lipinski definition) is 0. The third kappa shape index (κ3) is 12.7. The van der Waals surface area contributed by atoms with Crippen molar-refractivity contribution in [1.29, 1.82) is 0 Å². The van der Waals surface area contributed by atoms with Gasteiger partial charge in [0, 0.05) is 31.4 Å². The molecule has 33 heavy (non-hydrogen) atoms. The zero-order chi connectivity index (χ0) is 24.5. The van der Waals surface area contributed by atoms with Gasteiger partial charge < -0.3 is 19.3 Å². The van der Waals surface area contributed by atoms with Gasteiger partial charge >= 0.3 is 11.9 Å². The Morgan fingerprint density at radius 2 is 1.55 bits per heavy atom. The first-order valence-electron chi connectivity index (χ1n) is 13.0. The molecule has 0 fully saturated rings. The summed E-state index contributed by atoms with van der Waals surface area (Å²) >= 11 is 0. The molecule has 1 aliphatic heterocycles. The maximum Gasteiger partial charge on any atom is 0.333 e. The van der Waals surface area contributed by atoms with E-state index in [0.717, 1.165) is 58.0 Å². The SMILES string of the molecule is C=C(C)C(=O)OC(CCCCCCCC)C(CCCCCCCC(=O)OC)N1C=CN(C)C1. The molecule has 2 unspecified atom stereocenters. The highest BCUT2D eigenvalue weighted by atomic mass is 16.5. The fourth-order valence-corrected chi connectivity index (χ4v) is 4.28. The van der Waals surface area contributed by atoms with Crippen molar-refractivity contribution in [3.05, 3.63) is 24.6 Å². The molecule has 0 bridgehead atoms. The molecule has 6 heteroatoms. The Morgan fingerprint density at radius 1 is 0.939 bits per heavy atom. The van der Waals surface area contributed by atoms with E-state index >= 15 is 0 Å². The Balaban J connectivity index is 2.64. The second kappa shape index (κ2) is 17.5. The predicted molar refractivity (Wildman–Crippen MR) is 134 cm³/mol. The molecule has 0 radical (unpaired) electrons. The minimum absolute atomic E-state index is 0.128. The molecule has 0 N–H and O–H groups in total. The normalized spacial score (nSPS) is 14.9. The highest BCUT2D eigenvalue weighted by Crippen LogP contribution is 2.25. The van der Waals surface area contributed by atoms with Crippen LogP contribution in [-0.2, 0) is 19.1 Å². The predicted octanol–water partition coefficient (Wildman–Crippen LogP) is 6.17. The Kier molecular flexibility index (Phi) is 15.4. The number of unbranched alkanes of at least 4 members (excludes halogenated alkanes) is 9. The maximum absolute atomic E-state index is 12.4. The van der Waals surface area contributed by atoms with Gasteiger partial charge in [-0.1, -0.05) is 71.3 Å². The van der Waals surface area contributed by atoms with E-state index in [1.165, 1.54) is 39.2 Å². The number of carbonyl (C=O) groups is 2. The van der Waals surface area contributed by atoms with E-state index in [1.54, 1.807) is 6.92 Å². The van der Waals surface area contributed by atoms with Crippen LogP contribution in [0.5, 0.6) is 0 Å². The minimum Gasteiger partial charge on any atom is -0.469 e. The van der Waals surface area contributed by atoms with Crippen molar-refractivity contribution in [3.63, 3.8) is 0 Å². The lowest BCUT2D eigenvalue weighted by molar-refractivity contribution is -0.148. The molecule has 0 aliphatic carbocycles. The number of ether oxygens (including phenoxy) is 2. The molecule has 1 heterocycles. The zero-order valence-electron chi connectivity index (χ0n) is 21.7. The first-order valence-corrected chi connectivity index (χ1v) is 13.0. The number of nitrogens with zero attached hydrogens (tertiary/aromatic N) is 2. The molecular formula is C27H48N2O4. The summed E-state index contributed by atoms with van der Waals surface area (Å²) in [6, 6.07) is 0.167. The molecule has 2 atom stereocenters. The van der Waals surface area contributed by atoms with E-state index < -0.39 is 0 Å². The van der Waals surface area contributed by atoms with Gasteiger partial charge in [0.05, 0.1) is 19.8 Å². The lowest BCUT2D eigenvalue weighted by atomic mass is 9.96. The summed E-state index contributed by atoms with van der Waals surface area (Å²) in [5.74, 6) is -0.410. The number of carbonyl (C=O) groups excluding carboxylic acids is 2. The molecule has 1 aliphatic rings. The summed E-state index contributed by atoms with van der Waals surface area (Å²) in [6.45, 7) is 8.56. The standard InChI is InChI=1S/C27H48N2O4/c1-6-7-8-9-12-15-18-25(33-27(31)23(2)3)24(29-21-20-28(4)22-29)17-14-11-10-13-16-19-26(30)32-5/h20-21,24-25H,2,6-19,22H2,1,3-5H3. The van der Waals surface area contributed by atoms with Crippen LogP contribution in [0, 0.1) is 0 Å². The fraction of sp³-hybridized carbons (Fsp3) is 0.778. The van der Waals surface area contributed by atoms with Gasteiger partial charge in [0.15, 0.2) is 0 Å². The second-order valence-corrected chi connectivity index (χ2v) is 9.44. The fourth-order valence-electron chi connectivity index (χ4n) is 4.28. The van der Waals surface area contributed by atoms with E-state index in [1.807, 2.05) is 0 Å². The third-order valence-electron chi connectivity index (χ3n) is 6.31. The van der Waals surface area contributed by atoms with Crippen LogP contribution < -0.4 is 0 Å². The Morgan fingerprint density at radius 3 is 2.12 bits per heavy atom. The first-order chi connectivity index (χ1) is 15.9. The summed E-state index contributed by atoms with van der Waals surface area (Å²) in [5.41, 5.74) is 0.460. The van der Waals surface area contributed by atoms with Gasteiger partial charge in [-0.15, -0.1) is 0 Å². The van der Waals surface area contributed by atoms with Crippen molar-refractivity contribution >= 4 is 11.9 Å². The highest BCUT2D eigenvalue weighted by molar-refractivity contribution is 5.87. The summed E-state index contributed by atoms with van der Waals surface area (Å²) in [7, 11) is 3.51. The lowest BCUT2D eigenvalue weighted by Crippen LogP contribution is -2.44. The van der Waals surface area contributed by atoms with E-state index in [0.29, 0.717) is 12.0 Å². The molecule has 0 aromatic heterocycles. The van der Waals surface area contributed by atoms with E-state index in [4.69, 9.17) is 9.47 Å². The molecular weight excluding hydrogens is 416 g/mol. The van der Waals surface area contributed by atoms with Crippen LogP contribution in [0.15, 0.2) is 24.6 Å². The maximum atomic E-state index is 12.4. The van der Waals surface area contributed by atoms with E-state index in [2.05, 4.69) is 42.8 Å². The van der Waals surface area contributed by atoms with Crippen LogP contribution in [0.4, 0.5) is 0 Å². The van der Waals surface area contributed by atoms with Crippen molar-refractivity contribution in [1.82, 2.24) is 9.80 Å². The molecule has 0 spiro atoms. The smallest absolute Gasteiger partial charge is 0.333 e. The molecule has 0 saturated carbocycles. The van der Waals surface area contributed by atoms with Gasteiger partial charge in [-0.3, -0.25) is 4.79 Å². The molecule has 1 rings (SSSR count). The molecule has 0 amide bonds. The monoisotopic (exact) mass is 464 g/mol. The van der Waals surface area contributed by atoms with Gasteiger partial charge in [-0.25, -0.2) is 4.79 Å². The number of hydrogen-bond acceptors (Lipinski definition) is 6. The van der Waals surface area contributed by atoms with Crippen molar-refractivity contribution in [2.24, 2.45) is 0 Å². The van der Waals surface area contributed by atoms with Crippen LogP contribution in [0.25, 0.3) is 0 Å². The van der Waals surface area contributed by atoms with Crippen LogP contribution in [0.1, 0.15) is 104 Å². The number of methoxy groups -OCH3 is 1. The second-order valence-electron chi connectivity index (χ2n) is 9.44. The van der Waals surface area contributed by atoms with Crippen LogP contribution >= 0.6 is 0 Å². The summed E-state index contributed by atoms with van der Waals surface area (Å²) < 4.78 is 10.7. The quantitative estimate of drug-likeness (QED) is 0.129. The van der Waals surface area contributed by atoms with Crippen molar-refractivity contribution in [2.45, 2.75) is 116 Å². The van der Waals surface area contributed by atoms with Crippen molar-refractivity contribution < 1.29 is 19.1 Å². The van der Waals surface area contributed by atoms with Gasteiger partial charge in [0.1, 0.15) is 6.10 Å². The minimum atomic E-state index is -0.282. The zero-order valence-corrected chi connectivity index (χ0v) is 21.7. The Hall–Kier alpha value is -1.98. The van der Waals surface area contributed by atoms with Crippen LogP contribution in [-0.4, -0.2) is 54.7 Å². The molecule has 0 aromatic carbocycles. The topological polar surface area (TPSA) is 59.1 Å². The summed E-state index contributed by atoms with van der Waals surface area (Å²) in [6.07, 6.45) is 19.0. The molecule has 190 valence electrons. The van der Waals surface area contributed by atoms with E-state index in [-0.39, 0.29) is 24.1 Å². The van der Waals surface area contributed by atoms with Gasteiger partial charge in [0.25, 0.3) is 0 Å². The van der Waals surface area contributed by atoms with Gasteiger partial charge in [-0.2, -0.15) is 0 Å². The van der Waals surface area contributed by atoms with Crippen molar-refractivity contribution in [3.8, 4) is 0 Å². The molecule has 0 aromatic rings. The van der Waals surface area contributed by atoms with Gasteiger partial charge in [-0.05, 0) is 32.6 Å². The summed E-state index contributed by atoms with van der Waals surface area (Å²) in [4.78, 5) is 28.2. The largest absolute Gasteiger partial charge is 0.469 e. The number of esters is 2. The average Bonchev–Trinajstić information content (AvgIpc) is 3.22. The van der Waals surface area contributed by atoms with Gasteiger partial charge in [0.2, 0.25) is 0 Å². The summed E-state index contributed by atoms with van der Waals surface area (Å²) in [5, 5.41) is 0. The number of rotatable bonds is 19. The van der Waals surface area contributed by atoms with Crippen LogP contribution in [0.2, 0.25) is 0 Å². The Labute approximate surface area is 202 Å². The molecule has 0 saturated heterocycles. The van der Waals surface area contributed by atoms with Crippen LogP contribution in [0.3, 0.4) is 0 Å². The van der Waals surface area contributed by atoms with Crippen molar-refractivity contribution in [2.75, 3.05) is 20.8 Å². The molecule has 6 nitrogen and oxygen atoms in total. The lowest BCUT2D eigenvalue weighted by Gasteiger charge is -2.35. The first kappa shape index (κ1) is 29.1. The Bertz CT molecular complexity index is 605.